The van der Waals surface area contributed by atoms with Gasteiger partial charge in [0.1, 0.15) is 17.1 Å². The highest BCUT2D eigenvalue weighted by atomic mass is 16.5. The lowest BCUT2D eigenvalue weighted by Crippen LogP contribution is -2.44. The maximum absolute atomic E-state index is 13.0. The molecular weight excluding hydrogens is 408 g/mol. The van der Waals surface area contributed by atoms with Crippen molar-refractivity contribution in [3.63, 3.8) is 0 Å². The molecule has 0 aliphatic heterocycles. The number of nitrogens with zero attached hydrogens (tertiary/aromatic N) is 2. The number of hydrogen-bond acceptors (Lipinski definition) is 6. The number of anilines is 2. The Morgan fingerprint density at radius 3 is 2.47 bits per heavy atom. The number of Topliss-reactive ketones (excluding diaryl/α,β-unsaturated/α-hetero) is 1. The molecule has 0 atom stereocenters. The molecule has 0 saturated heterocycles. The van der Waals surface area contributed by atoms with Crippen molar-refractivity contribution < 1.29 is 9.53 Å². The number of benzene rings is 2. The van der Waals surface area contributed by atoms with Gasteiger partial charge >= 0.3 is 5.69 Å². The molecule has 0 aliphatic carbocycles. The molecule has 3 rings (SSSR count). The first kappa shape index (κ1) is 22.9. The van der Waals surface area contributed by atoms with E-state index in [1.54, 1.807) is 19.1 Å². The summed E-state index contributed by atoms with van der Waals surface area (Å²) in [4.78, 5) is 38.7. The van der Waals surface area contributed by atoms with Crippen LogP contribution < -0.4 is 27.0 Å². The van der Waals surface area contributed by atoms with E-state index in [2.05, 4.69) is 5.32 Å². The van der Waals surface area contributed by atoms with E-state index in [-0.39, 0.29) is 31.0 Å². The molecule has 1 heterocycles. The summed E-state index contributed by atoms with van der Waals surface area (Å²) in [6, 6.07) is 16.5. The van der Waals surface area contributed by atoms with Crippen molar-refractivity contribution in [3.05, 3.63) is 86.6 Å². The van der Waals surface area contributed by atoms with Crippen LogP contribution >= 0.6 is 0 Å². The molecule has 1 aromatic heterocycles. The smallest absolute Gasteiger partial charge is 0.332 e. The van der Waals surface area contributed by atoms with E-state index >= 15 is 0 Å². The molecule has 0 bridgehead atoms. The van der Waals surface area contributed by atoms with Gasteiger partial charge in [-0.3, -0.25) is 18.7 Å². The van der Waals surface area contributed by atoms with E-state index in [0.717, 1.165) is 16.6 Å². The normalized spacial score (nSPS) is 10.7. The molecule has 0 radical (unpaired) electrons. The third-order valence-corrected chi connectivity index (χ3v) is 5.01. The molecule has 168 valence electrons. The van der Waals surface area contributed by atoms with Gasteiger partial charge in [0, 0.05) is 18.3 Å². The number of carbonyl (C=O) groups is 1. The van der Waals surface area contributed by atoms with Crippen LogP contribution in [0, 0.1) is 0 Å². The number of aromatic nitrogens is 2. The van der Waals surface area contributed by atoms with Gasteiger partial charge in [0.2, 0.25) is 0 Å². The quantitative estimate of drug-likeness (QED) is 0.473. The summed E-state index contributed by atoms with van der Waals surface area (Å²) in [5.74, 6) is 0.0744. The van der Waals surface area contributed by atoms with Gasteiger partial charge in [-0.2, -0.15) is 0 Å². The Hall–Kier alpha value is -3.81. The highest BCUT2D eigenvalue weighted by molar-refractivity contribution is 6.02. The summed E-state index contributed by atoms with van der Waals surface area (Å²) >= 11 is 0. The Bertz CT molecular complexity index is 1200. The molecule has 2 aromatic carbocycles. The van der Waals surface area contributed by atoms with Gasteiger partial charge in [0.05, 0.1) is 19.7 Å². The molecule has 0 aliphatic rings. The monoisotopic (exact) mass is 436 g/mol. The first-order valence-electron chi connectivity index (χ1n) is 10.6. The number of nitrogen functional groups attached to an aromatic ring is 1. The summed E-state index contributed by atoms with van der Waals surface area (Å²) in [5, 5.41) is 3.01. The van der Waals surface area contributed by atoms with Crippen LogP contribution in [-0.2, 0) is 13.1 Å². The first-order valence-corrected chi connectivity index (χ1v) is 10.6. The Labute approximate surface area is 186 Å². The van der Waals surface area contributed by atoms with Gasteiger partial charge in [0.15, 0.2) is 5.78 Å². The minimum atomic E-state index is -0.675. The lowest BCUT2D eigenvalue weighted by Gasteiger charge is -2.16. The van der Waals surface area contributed by atoms with Crippen LogP contribution in [0.25, 0.3) is 0 Å². The van der Waals surface area contributed by atoms with Crippen LogP contribution in [0.15, 0.2) is 64.2 Å². The zero-order chi connectivity index (χ0) is 23.1. The Morgan fingerprint density at radius 1 is 1.03 bits per heavy atom. The largest absolute Gasteiger partial charge is 0.494 e. The highest BCUT2D eigenvalue weighted by Gasteiger charge is 2.22. The van der Waals surface area contributed by atoms with Crippen LogP contribution in [0.5, 0.6) is 5.75 Å². The third-order valence-electron chi connectivity index (χ3n) is 5.01. The second kappa shape index (κ2) is 10.5. The number of rotatable bonds is 10. The van der Waals surface area contributed by atoms with Crippen molar-refractivity contribution in [1.82, 2.24) is 9.13 Å². The lowest BCUT2D eigenvalue weighted by molar-refractivity contribution is 0.100. The fourth-order valence-electron chi connectivity index (χ4n) is 3.36. The van der Waals surface area contributed by atoms with E-state index < -0.39 is 17.0 Å². The minimum Gasteiger partial charge on any atom is -0.494 e. The molecule has 0 saturated carbocycles. The molecule has 0 unspecified atom stereocenters. The van der Waals surface area contributed by atoms with Gasteiger partial charge < -0.3 is 15.8 Å². The average Bonchev–Trinajstić information content (AvgIpc) is 2.80. The van der Waals surface area contributed by atoms with Gasteiger partial charge in [-0.05, 0) is 31.0 Å². The van der Waals surface area contributed by atoms with Crippen molar-refractivity contribution in [2.45, 2.75) is 33.4 Å². The summed E-state index contributed by atoms with van der Waals surface area (Å²) in [6.07, 6.45) is 0.887. The van der Waals surface area contributed by atoms with Gasteiger partial charge in [0.25, 0.3) is 5.56 Å². The van der Waals surface area contributed by atoms with Crippen LogP contribution in [0.1, 0.15) is 36.2 Å². The minimum absolute atomic E-state index is 0.125. The molecule has 8 heteroatoms. The van der Waals surface area contributed by atoms with Crippen LogP contribution in [0.4, 0.5) is 11.5 Å². The van der Waals surface area contributed by atoms with E-state index in [1.165, 1.54) is 4.57 Å². The molecule has 3 aromatic rings. The zero-order valence-electron chi connectivity index (χ0n) is 18.3. The fraction of sp³-hybridized carbons (Fsp3) is 0.292. The van der Waals surface area contributed by atoms with Crippen LogP contribution in [0.3, 0.4) is 0 Å². The van der Waals surface area contributed by atoms with Crippen molar-refractivity contribution in [1.29, 1.82) is 0 Å². The van der Waals surface area contributed by atoms with Crippen molar-refractivity contribution in [2.24, 2.45) is 0 Å². The van der Waals surface area contributed by atoms with E-state index in [0.29, 0.717) is 18.0 Å². The van der Waals surface area contributed by atoms with Crippen LogP contribution in [-0.4, -0.2) is 28.1 Å². The van der Waals surface area contributed by atoms with Gasteiger partial charge in [-0.15, -0.1) is 0 Å². The second-order valence-electron chi connectivity index (χ2n) is 7.32. The Morgan fingerprint density at radius 2 is 1.78 bits per heavy atom. The summed E-state index contributed by atoms with van der Waals surface area (Å²) in [7, 11) is 0. The molecule has 8 nitrogen and oxygen atoms in total. The average molecular weight is 437 g/mol. The lowest BCUT2D eigenvalue weighted by atomic mass is 10.1. The predicted octanol–water partition coefficient (Wildman–Crippen LogP) is 2.74. The molecule has 3 N–H and O–H groups in total. The van der Waals surface area contributed by atoms with Crippen LogP contribution in [0.2, 0.25) is 0 Å². The van der Waals surface area contributed by atoms with Crippen molar-refractivity contribution >= 4 is 17.3 Å². The second-order valence-corrected chi connectivity index (χ2v) is 7.32. The summed E-state index contributed by atoms with van der Waals surface area (Å²) in [6.45, 7) is 4.45. The van der Waals surface area contributed by atoms with E-state index in [4.69, 9.17) is 10.5 Å². The SMILES string of the molecule is CCCOc1cccc(NCC(=O)c2c(N)n(Cc3ccccc3)c(=O)n(CC)c2=O)c1. The Kier molecular flexibility index (Phi) is 7.49. The molecule has 0 amide bonds. The number of ketones is 1. The number of nitrogens with two attached hydrogens (primary N) is 1. The standard InChI is InChI=1S/C24H28N4O4/c1-3-13-32-19-12-8-11-18(14-19)26-15-20(29)21-22(25)28(16-17-9-6-5-7-10-17)24(31)27(4-2)23(21)30/h5-12,14,26H,3-4,13,15-16,25H2,1-2H3. The number of ether oxygens (including phenoxy) is 1. The van der Waals surface area contributed by atoms with Gasteiger partial charge in [-0.25, -0.2) is 4.79 Å². The third kappa shape index (κ3) is 5.08. The number of hydrogen-bond donors (Lipinski definition) is 2. The molecule has 0 fully saturated rings. The maximum Gasteiger partial charge on any atom is 0.332 e. The first-order chi connectivity index (χ1) is 15.5. The summed E-state index contributed by atoms with van der Waals surface area (Å²) in [5.41, 5.74) is 6.30. The predicted molar refractivity (Wildman–Crippen MR) is 126 cm³/mol. The zero-order valence-corrected chi connectivity index (χ0v) is 18.3. The van der Waals surface area contributed by atoms with E-state index in [9.17, 15) is 14.4 Å². The van der Waals surface area contributed by atoms with Crippen molar-refractivity contribution in [3.8, 4) is 5.75 Å². The van der Waals surface area contributed by atoms with Gasteiger partial charge in [-0.1, -0.05) is 43.3 Å². The molecular formula is C24H28N4O4. The topological polar surface area (TPSA) is 108 Å². The van der Waals surface area contributed by atoms with Crippen molar-refractivity contribution in [2.75, 3.05) is 24.2 Å². The maximum atomic E-state index is 13.0. The highest BCUT2D eigenvalue weighted by Crippen LogP contribution is 2.18. The number of nitrogens with one attached hydrogen (secondary N) is 1. The molecule has 0 spiro atoms. The van der Waals surface area contributed by atoms with E-state index in [1.807, 2.05) is 49.4 Å². The fourth-order valence-corrected chi connectivity index (χ4v) is 3.36. The summed E-state index contributed by atoms with van der Waals surface area (Å²) < 4.78 is 7.91. The number of carbonyl (C=O) groups excluding carboxylic acids is 1. The molecule has 32 heavy (non-hydrogen) atoms. The Balaban J connectivity index is 1.89.